The molecule has 1 nitrogen and oxygen atoms in total. The van der Waals surface area contributed by atoms with Crippen LogP contribution in [-0.4, -0.2) is 5.78 Å². The summed E-state index contributed by atoms with van der Waals surface area (Å²) in [6, 6.07) is 11.8. The van der Waals surface area contributed by atoms with E-state index in [1.165, 1.54) is 6.07 Å². The maximum Gasteiger partial charge on any atom is 0.416 e. The average Bonchev–Trinajstić information content (AvgIpc) is 2.46. The van der Waals surface area contributed by atoms with Crippen LogP contribution in [0.1, 0.15) is 29.3 Å². The third kappa shape index (κ3) is 3.07. The Balaban J connectivity index is 2.44. The molecule has 0 spiro atoms. The zero-order valence-corrected chi connectivity index (χ0v) is 10.9. The van der Waals surface area contributed by atoms with E-state index in [0.29, 0.717) is 23.1 Å². The van der Waals surface area contributed by atoms with E-state index in [9.17, 15) is 18.0 Å². The molecule has 20 heavy (non-hydrogen) atoms. The fourth-order valence-electron chi connectivity index (χ4n) is 1.95. The van der Waals surface area contributed by atoms with Gasteiger partial charge in [-0.05, 0) is 29.3 Å². The zero-order chi connectivity index (χ0) is 14.8. The fourth-order valence-corrected chi connectivity index (χ4v) is 1.95. The molecule has 0 bridgehead atoms. The largest absolute Gasteiger partial charge is 0.416 e. The van der Waals surface area contributed by atoms with Crippen molar-refractivity contribution >= 4 is 5.78 Å². The van der Waals surface area contributed by atoms with Crippen molar-refractivity contribution < 1.29 is 18.0 Å². The number of ketones is 1. The van der Waals surface area contributed by atoms with Crippen molar-refractivity contribution in [1.29, 1.82) is 0 Å². The SMILES string of the molecule is CCC(=O)c1cccc(-c2cccc(C(F)(F)F)c2)c1. The highest BCUT2D eigenvalue weighted by Gasteiger charge is 2.30. The molecule has 2 aromatic carbocycles. The normalized spacial score (nSPS) is 11.4. The highest BCUT2D eigenvalue weighted by Crippen LogP contribution is 2.32. The summed E-state index contributed by atoms with van der Waals surface area (Å²) >= 11 is 0. The molecule has 0 aromatic heterocycles. The van der Waals surface area contributed by atoms with Crippen LogP contribution in [0, 0.1) is 0 Å². The van der Waals surface area contributed by atoms with Gasteiger partial charge >= 0.3 is 6.18 Å². The minimum absolute atomic E-state index is 0.0289. The molecule has 0 N–H and O–H groups in total. The molecule has 0 aliphatic carbocycles. The zero-order valence-electron chi connectivity index (χ0n) is 10.9. The number of hydrogen-bond acceptors (Lipinski definition) is 1. The molecule has 0 heterocycles. The molecular formula is C16H13F3O. The van der Waals surface area contributed by atoms with Crippen molar-refractivity contribution in [3.05, 3.63) is 59.7 Å². The predicted octanol–water partition coefficient (Wildman–Crippen LogP) is 4.97. The first-order valence-corrected chi connectivity index (χ1v) is 6.22. The van der Waals surface area contributed by atoms with Gasteiger partial charge in [-0.3, -0.25) is 4.79 Å². The van der Waals surface area contributed by atoms with Gasteiger partial charge in [-0.15, -0.1) is 0 Å². The predicted molar refractivity (Wildman–Crippen MR) is 71.5 cm³/mol. The third-order valence-electron chi connectivity index (χ3n) is 3.03. The van der Waals surface area contributed by atoms with Crippen molar-refractivity contribution in [2.75, 3.05) is 0 Å². The summed E-state index contributed by atoms with van der Waals surface area (Å²) in [5.74, 6) is -0.0289. The first-order chi connectivity index (χ1) is 9.41. The van der Waals surface area contributed by atoms with Crippen LogP contribution < -0.4 is 0 Å². The summed E-state index contributed by atoms with van der Waals surface area (Å²) < 4.78 is 38.1. The van der Waals surface area contributed by atoms with Crippen LogP contribution in [0.2, 0.25) is 0 Å². The van der Waals surface area contributed by atoms with Crippen molar-refractivity contribution in [3.63, 3.8) is 0 Å². The molecule has 104 valence electrons. The number of carbonyl (C=O) groups excluding carboxylic acids is 1. The van der Waals surface area contributed by atoms with E-state index in [4.69, 9.17) is 0 Å². The quantitative estimate of drug-likeness (QED) is 0.725. The number of carbonyl (C=O) groups is 1. The lowest BCUT2D eigenvalue weighted by Gasteiger charge is -2.09. The molecule has 0 aliphatic rings. The standard InChI is InChI=1S/C16H13F3O/c1-2-15(20)13-7-3-5-11(9-13)12-6-4-8-14(10-12)16(17,18)19/h3-10H,2H2,1H3. The highest BCUT2D eigenvalue weighted by atomic mass is 19.4. The summed E-state index contributed by atoms with van der Waals surface area (Å²) in [6.07, 6.45) is -4.00. The lowest BCUT2D eigenvalue weighted by atomic mass is 9.99. The van der Waals surface area contributed by atoms with E-state index in [1.807, 2.05) is 0 Å². The second-order valence-electron chi connectivity index (χ2n) is 4.44. The number of benzene rings is 2. The molecule has 4 heteroatoms. The van der Waals surface area contributed by atoms with Gasteiger partial charge in [0.1, 0.15) is 0 Å². The van der Waals surface area contributed by atoms with Crippen molar-refractivity contribution in [1.82, 2.24) is 0 Å². The molecule has 0 amide bonds. The summed E-state index contributed by atoms with van der Waals surface area (Å²) in [4.78, 5) is 11.6. The number of hydrogen-bond donors (Lipinski definition) is 0. The van der Waals surface area contributed by atoms with Crippen LogP contribution in [0.25, 0.3) is 11.1 Å². The molecule has 0 radical (unpaired) electrons. The van der Waals surface area contributed by atoms with E-state index < -0.39 is 11.7 Å². The molecule has 0 unspecified atom stereocenters. The molecule has 0 saturated heterocycles. The average molecular weight is 278 g/mol. The van der Waals surface area contributed by atoms with Gasteiger partial charge < -0.3 is 0 Å². The van der Waals surface area contributed by atoms with Gasteiger partial charge in [0.2, 0.25) is 0 Å². The van der Waals surface area contributed by atoms with Gasteiger partial charge in [0.15, 0.2) is 5.78 Å². The van der Waals surface area contributed by atoms with Gasteiger partial charge in [0, 0.05) is 12.0 Å². The van der Waals surface area contributed by atoms with Crippen LogP contribution in [-0.2, 0) is 6.18 Å². The fraction of sp³-hybridized carbons (Fsp3) is 0.188. The topological polar surface area (TPSA) is 17.1 Å². The van der Waals surface area contributed by atoms with E-state index in [0.717, 1.165) is 12.1 Å². The van der Waals surface area contributed by atoms with Crippen LogP contribution in [0.3, 0.4) is 0 Å². The second-order valence-corrected chi connectivity index (χ2v) is 4.44. The highest BCUT2D eigenvalue weighted by molar-refractivity contribution is 5.97. The van der Waals surface area contributed by atoms with Crippen molar-refractivity contribution in [2.24, 2.45) is 0 Å². The number of Topliss-reactive ketones (excluding diaryl/α,β-unsaturated/α-hetero) is 1. The van der Waals surface area contributed by atoms with Gasteiger partial charge in [0.05, 0.1) is 5.56 Å². The Bertz CT molecular complexity index is 630. The second kappa shape index (κ2) is 5.49. The lowest BCUT2D eigenvalue weighted by Crippen LogP contribution is -2.04. The Morgan fingerprint density at radius 2 is 1.60 bits per heavy atom. The van der Waals surface area contributed by atoms with Crippen molar-refractivity contribution in [3.8, 4) is 11.1 Å². The minimum atomic E-state index is -4.37. The number of alkyl halides is 3. The van der Waals surface area contributed by atoms with Crippen LogP contribution in [0.5, 0.6) is 0 Å². The Labute approximate surface area is 115 Å². The molecule has 0 fully saturated rings. The maximum atomic E-state index is 12.7. The van der Waals surface area contributed by atoms with Gasteiger partial charge in [0.25, 0.3) is 0 Å². The lowest BCUT2D eigenvalue weighted by molar-refractivity contribution is -0.137. The molecular weight excluding hydrogens is 265 g/mol. The van der Waals surface area contributed by atoms with E-state index >= 15 is 0 Å². The number of rotatable bonds is 3. The van der Waals surface area contributed by atoms with E-state index in [-0.39, 0.29) is 5.78 Å². The molecule has 0 aliphatic heterocycles. The van der Waals surface area contributed by atoms with Crippen LogP contribution >= 0.6 is 0 Å². The molecule has 2 rings (SSSR count). The molecule has 0 saturated carbocycles. The minimum Gasteiger partial charge on any atom is -0.294 e. The molecule has 2 aromatic rings. The van der Waals surface area contributed by atoms with E-state index in [1.54, 1.807) is 37.3 Å². The van der Waals surface area contributed by atoms with Gasteiger partial charge in [-0.25, -0.2) is 0 Å². The first-order valence-electron chi connectivity index (χ1n) is 6.22. The summed E-state index contributed by atoms with van der Waals surface area (Å²) in [7, 11) is 0. The third-order valence-corrected chi connectivity index (χ3v) is 3.03. The Hall–Kier alpha value is -2.10. The Kier molecular flexibility index (Phi) is 3.93. The van der Waals surface area contributed by atoms with E-state index in [2.05, 4.69) is 0 Å². The monoisotopic (exact) mass is 278 g/mol. The summed E-state index contributed by atoms with van der Waals surface area (Å²) in [5.41, 5.74) is 0.880. The summed E-state index contributed by atoms with van der Waals surface area (Å²) in [6.45, 7) is 1.75. The summed E-state index contributed by atoms with van der Waals surface area (Å²) in [5, 5.41) is 0. The maximum absolute atomic E-state index is 12.7. The van der Waals surface area contributed by atoms with Gasteiger partial charge in [-0.2, -0.15) is 13.2 Å². The van der Waals surface area contributed by atoms with Crippen molar-refractivity contribution in [2.45, 2.75) is 19.5 Å². The molecule has 0 atom stereocenters. The first kappa shape index (κ1) is 14.3. The smallest absolute Gasteiger partial charge is 0.294 e. The van der Waals surface area contributed by atoms with Crippen LogP contribution in [0.4, 0.5) is 13.2 Å². The number of halogens is 3. The van der Waals surface area contributed by atoms with Crippen LogP contribution in [0.15, 0.2) is 48.5 Å². The van der Waals surface area contributed by atoms with Gasteiger partial charge in [-0.1, -0.05) is 37.3 Å². The Morgan fingerprint density at radius 3 is 2.20 bits per heavy atom. The Morgan fingerprint density at radius 1 is 1.00 bits per heavy atom.